The van der Waals surface area contributed by atoms with Gasteiger partial charge in [0.2, 0.25) is 0 Å². The van der Waals surface area contributed by atoms with Crippen LogP contribution >= 0.6 is 0 Å². The van der Waals surface area contributed by atoms with Gasteiger partial charge in [-0.3, -0.25) is 0 Å². The number of aryl methyl sites for hydroxylation is 2. The molecule has 0 saturated carbocycles. The van der Waals surface area contributed by atoms with Gasteiger partial charge in [0, 0.05) is 6.61 Å². The number of hydrogen-bond acceptors (Lipinski definition) is 2. The molecule has 0 aromatic heterocycles. The Morgan fingerprint density at radius 1 is 0.765 bits per heavy atom. The molecule has 0 aliphatic rings. The Balaban J connectivity index is 2.20. The molecular weight excluding hydrogens is 210 g/mol. The zero-order chi connectivity index (χ0) is 12.3. The summed E-state index contributed by atoms with van der Waals surface area (Å²) in [7, 11) is 0. The third-order valence-corrected chi connectivity index (χ3v) is 3.07. The van der Waals surface area contributed by atoms with Crippen LogP contribution in [0.1, 0.15) is 43.2 Å². The Hall–Kier alpha value is -0.860. The second-order valence-corrected chi connectivity index (χ2v) is 4.60. The number of unbranched alkanes of at least 4 members (excludes halogenated alkanes) is 3. The van der Waals surface area contributed by atoms with Gasteiger partial charge in [0.25, 0.3) is 0 Å². The molecule has 0 atom stereocenters. The van der Waals surface area contributed by atoms with Gasteiger partial charge in [-0.1, -0.05) is 37.1 Å². The lowest BCUT2D eigenvalue weighted by Crippen LogP contribution is -1.97. The van der Waals surface area contributed by atoms with E-state index in [4.69, 9.17) is 10.8 Å². The Bertz CT molecular complexity index is 281. The summed E-state index contributed by atoms with van der Waals surface area (Å²) in [6, 6.07) is 8.81. The number of rotatable bonds is 9. The standard InChI is InChI=1S/C15H25NO/c16-12-4-2-1-3-6-14-8-10-15(11-9-14)7-5-13-17/h8-11,17H,1-7,12-13,16H2. The van der Waals surface area contributed by atoms with Gasteiger partial charge in [-0.05, 0) is 49.8 Å². The van der Waals surface area contributed by atoms with Crippen molar-refractivity contribution >= 4 is 0 Å². The first-order valence-corrected chi connectivity index (χ1v) is 6.75. The van der Waals surface area contributed by atoms with Crippen molar-refractivity contribution in [2.24, 2.45) is 5.73 Å². The Morgan fingerprint density at radius 2 is 1.29 bits per heavy atom. The Morgan fingerprint density at radius 3 is 1.82 bits per heavy atom. The van der Waals surface area contributed by atoms with Gasteiger partial charge in [-0.25, -0.2) is 0 Å². The van der Waals surface area contributed by atoms with Crippen molar-refractivity contribution in [1.29, 1.82) is 0 Å². The minimum absolute atomic E-state index is 0.281. The maximum Gasteiger partial charge on any atom is 0.0434 e. The third-order valence-electron chi connectivity index (χ3n) is 3.07. The van der Waals surface area contributed by atoms with Crippen LogP contribution in [0, 0.1) is 0 Å². The van der Waals surface area contributed by atoms with Crippen molar-refractivity contribution in [2.45, 2.75) is 44.9 Å². The van der Waals surface area contributed by atoms with Crippen molar-refractivity contribution in [1.82, 2.24) is 0 Å². The van der Waals surface area contributed by atoms with Gasteiger partial charge in [-0.2, -0.15) is 0 Å². The van der Waals surface area contributed by atoms with Gasteiger partial charge >= 0.3 is 0 Å². The molecule has 0 amide bonds. The van der Waals surface area contributed by atoms with E-state index in [0.29, 0.717) is 0 Å². The fourth-order valence-corrected chi connectivity index (χ4v) is 1.98. The van der Waals surface area contributed by atoms with E-state index in [1.165, 1.54) is 36.8 Å². The van der Waals surface area contributed by atoms with Gasteiger partial charge in [0.1, 0.15) is 0 Å². The largest absolute Gasteiger partial charge is 0.396 e. The van der Waals surface area contributed by atoms with Crippen LogP contribution in [0.25, 0.3) is 0 Å². The molecule has 1 aromatic carbocycles. The quantitative estimate of drug-likeness (QED) is 0.646. The van der Waals surface area contributed by atoms with Crippen LogP contribution in [-0.4, -0.2) is 18.3 Å². The molecule has 0 aliphatic heterocycles. The number of hydrogen-bond donors (Lipinski definition) is 2. The molecule has 0 aliphatic carbocycles. The molecule has 1 rings (SSSR count). The van der Waals surface area contributed by atoms with E-state index in [1.807, 2.05) is 0 Å². The Kier molecular flexibility index (Phi) is 7.69. The van der Waals surface area contributed by atoms with Crippen molar-refractivity contribution in [2.75, 3.05) is 13.2 Å². The van der Waals surface area contributed by atoms with Crippen molar-refractivity contribution in [3.8, 4) is 0 Å². The molecule has 0 unspecified atom stereocenters. The minimum Gasteiger partial charge on any atom is -0.396 e. The molecule has 0 heterocycles. The number of nitrogens with two attached hydrogens (primary N) is 1. The van der Waals surface area contributed by atoms with Gasteiger partial charge in [0.15, 0.2) is 0 Å². The molecule has 3 N–H and O–H groups in total. The number of aliphatic hydroxyl groups is 1. The molecule has 0 spiro atoms. The second-order valence-electron chi connectivity index (χ2n) is 4.60. The lowest BCUT2D eigenvalue weighted by atomic mass is 10.0. The van der Waals surface area contributed by atoms with Crippen LogP contribution in [0.5, 0.6) is 0 Å². The lowest BCUT2D eigenvalue weighted by Gasteiger charge is -2.04. The average molecular weight is 235 g/mol. The van der Waals surface area contributed by atoms with E-state index in [9.17, 15) is 0 Å². The summed E-state index contributed by atoms with van der Waals surface area (Å²) >= 11 is 0. The molecule has 0 saturated heterocycles. The van der Waals surface area contributed by atoms with Crippen LogP contribution < -0.4 is 5.73 Å². The monoisotopic (exact) mass is 235 g/mol. The van der Waals surface area contributed by atoms with E-state index in [1.54, 1.807) is 0 Å². The fraction of sp³-hybridized carbons (Fsp3) is 0.600. The maximum absolute atomic E-state index is 8.76. The topological polar surface area (TPSA) is 46.2 Å². The summed E-state index contributed by atoms with van der Waals surface area (Å²) in [5, 5.41) is 8.76. The van der Waals surface area contributed by atoms with E-state index in [-0.39, 0.29) is 6.61 Å². The van der Waals surface area contributed by atoms with E-state index >= 15 is 0 Å². The SMILES string of the molecule is NCCCCCCc1ccc(CCCO)cc1. The summed E-state index contributed by atoms with van der Waals surface area (Å²) < 4.78 is 0. The predicted octanol–water partition coefficient (Wildman–Crippen LogP) is 2.67. The highest BCUT2D eigenvalue weighted by Crippen LogP contribution is 2.10. The van der Waals surface area contributed by atoms with Crippen LogP contribution in [0.3, 0.4) is 0 Å². The first-order valence-electron chi connectivity index (χ1n) is 6.75. The summed E-state index contributed by atoms with van der Waals surface area (Å²) in [5.74, 6) is 0. The molecule has 17 heavy (non-hydrogen) atoms. The van der Waals surface area contributed by atoms with E-state index < -0.39 is 0 Å². The molecular formula is C15H25NO. The first kappa shape index (κ1) is 14.2. The Labute approximate surface area is 105 Å². The molecule has 96 valence electrons. The molecule has 0 fully saturated rings. The molecule has 2 heteroatoms. The molecule has 1 aromatic rings. The second kappa shape index (κ2) is 9.20. The van der Waals surface area contributed by atoms with Crippen LogP contribution in [0.15, 0.2) is 24.3 Å². The van der Waals surface area contributed by atoms with Gasteiger partial charge in [-0.15, -0.1) is 0 Å². The van der Waals surface area contributed by atoms with Gasteiger partial charge < -0.3 is 10.8 Å². The molecule has 2 nitrogen and oxygen atoms in total. The van der Waals surface area contributed by atoms with Crippen LogP contribution in [0.2, 0.25) is 0 Å². The van der Waals surface area contributed by atoms with Crippen molar-refractivity contribution in [3.05, 3.63) is 35.4 Å². The van der Waals surface area contributed by atoms with Crippen molar-refractivity contribution in [3.63, 3.8) is 0 Å². The summed E-state index contributed by atoms with van der Waals surface area (Å²) in [4.78, 5) is 0. The first-order chi connectivity index (χ1) is 8.36. The zero-order valence-corrected chi connectivity index (χ0v) is 10.7. The average Bonchev–Trinajstić information content (AvgIpc) is 2.37. The maximum atomic E-state index is 8.76. The van der Waals surface area contributed by atoms with E-state index in [0.717, 1.165) is 25.8 Å². The minimum atomic E-state index is 0.281. The normalized spacial score (nSPS) is 10.7. The summed E-state index contributed by atoms with van der Waals surface area (Å²) in [6.07, 6.45) is 7.96. The van der Waals surface area contributed by atoms with Crippen LogP contribution in [0.4, 0.5) is 0 Å². The van der Waals surface area contributed by atoms with Gasteiger partial charge in [0.05, 0.1) is 0 Å². The summed E-state index contributed by atoms with van der Waals surface area (Å²) in [6.45, 7) is 1.10. The zero-order valence-electron chi connectivity index (χ0n) is 10.7. The lowest BCUT2D eigenvalue weighted by molar-refractivity contribution is 0.288. The third kappa shape index (κ3) is 6.44. The molecule has 0 bridgehead atoms. The predicted molar refractivity (Wildman–Crippen MR) is 73.1 cm³/mol. The smallest absolute Gasteiger partial charge is 0.0434 e. The fourth-order valence-electron chi connectivity index (χ4n) is 1.98. The summed E-state index contributed by atoms with van der Waals surface area (Å²) in [5.41, 5.74) is 8.21. The number of aliphatic hydroxyl groups excluding tert-OH is 1. The molecule has 0 radical (unpaired) electrons. The highest BCUT2D eigenvalue weighted by Gasteiger charge is 1.96. The van der Waals surface area contributed by atoms with Crippen molar-refractivity contribution < 1.29 is 5.11 Å². The highest BCUT2D eigenvalue weighted by molar-refractivity contribution is 5.22. The van der Waals surface area contributed by atoms with E-state index in [2.05, 4.69) is 24.3 Å². The number of benzene rings is 1. The van der Waals surface area contributed by atoms with Crippen LogP contribution in [-0.2, 0) is 12.8 Å². The highest BCUT2D eigenvalue weighted by atomic mass is 16.2.